The number of halogens is 1. The van der Waals surface area contributed by atoms with Crippen molar-refractivity contribution < 1.29 is 19.1 Å². The third kappa shape index (κ3) is 6.52. The third-order valence-corrected chi connectivity index (χ3v) is 3.25. The summed E-state index contributed by atoms with van der Waals surface area (Å²) in [4.78, 5) is 23.0. The van der Waals surface area contributed by atoms with Gasteiger partial charge in [0, 0.05) is 6.42 Å². The molecule has 4 nitrogen and oxygen atoms in total. The maximum absolute atomic E-state index is 13.1. The molecule has 0 saturated carbocycles. The molecule has 22 heavy (non-hydrogen) atoms. The average molecular weight is 307 g/mol. The highest BCUT2D eigenvalue weighted by atomic mass is 19.1. The Balaban J connectivity index is 2.50. The van der Waals surface area contributed by atoms with Gasteiger partial charge in [-0.3, -0.25) is 4.79 Å². The van der Waals surface area contributed by atoms with Crippen LogP contribution in [0.25, 0.3) is 0 Å². The van der Waals surface area contributed by atoms with E-state index in [0.717, 1.165) is 5.56 Å². The Kier molecular flexibility index (Phi) is 7.29. The van der Waals surface area contributed by atoms with Gasteiger partial charge in [0.25, 0.3) is 0 Å². The van der Waals surface area contributed by atoms with E-state index in [1.54, 1.807) is 25.1 Å². The number of hydrogen-bond acceptors (Lipinski definition) is 2. The maximum Gasteiger partial charge on any atom is 0.326 e. The molecule has 0 aliphatic heterocycles. The van der Waals surface area contributed by atoms with Crippen molar-refractivity contribution in [1.82, 2.24) is 5.32 Å². The van der Waals surface area contributed by atoms with Crippen LogP contribution in [0.1, 0.15) is 32.3 Å². The van der Waals surface area contributed by atoms with Crippen molar-refractivity contribution in [3.8, 4) is 0 Å². The highest BCUT2D eigenvalue weighted by molar-refractivity contribution is 5.83. The van der Waals surface area contributed by atoms with Crippen molar-refractivity contribution in [3.63, 3.8) is 0 Å². The standard InChI is InChI=1S/C17H22FNO3/c1-3-4-8-15(17(21)22)19-16(20)10-12(2)9-13-6-5-7-14(18)11-13/h3-7,11-12,15H,8-10H2,1-2H3,(H,19,20)(H,21,22)/b4-3+. The Labute approximate surface area is 130 Å². The van der Waals surface area contributed by atoms with Crippen molar-refractivity contribution >= 4 is 11.9 Å². The molecule has 0 saturated heterocycles. The van der Waals surface area contributed by atoms with Gasteiger partial charge in [0.15, 0.2) is 0 Å². The number of carbonyl (C=O) groups is 2. The van der Waals surface area contributed by atoms with Crippen LogP contribution in [0.4, 0.5) is 4.39 Å². The summed E-state index contributed by atoms with van der Waals surface area (Å²) in [6.45, 7) is 3.67. The molecule has 1 aromatic rings. The van der Waals surface area contributed by atoms with Crippen molar-refractivity contribution in [2.45, 2.75) is 39.2 Å². The summed E-state index contributed by atoms with van der Waals surface area (Å²) < 4.78 is 13.1. The first-order valence-corrected chi connectivity index (χ1v) is 7.30. The van der Waals surface area contributed by atoms with Gasteiger partial charge < -0.3 is 10.4 Å². The Morgan fingerprint density at radius 2 is 2.14 bits per heavy atom. The molecule has 0 aliphatic rings. The monoisotopic (exact) mass is 307 g/mol. The Morgan fingerprint density at radius 1 is 1.41 bits per heavy atom. The van der Waals surface area contributed by atoms with E-state index in [2.05, 4.69) is 5.32 Å². The fourth-order valence-electron chi connectivity index (χ4n) is 2.20. The van der Waals surface area contributed by atoms with E-state index in [9.17, 15) is 14.0 Å². The molecule has 0 bridgehead atoms. The van der Waals surface area contributed by atoms with Gasteiger partial charge in [-0.2, -0.15) is 0 Å². The van der Waals surface area contributed by atoms with Crippen LogP contribution >= 0.6 is 0 Å². The normalized spacial score (nSPS) is 13.8. The van der Waals surface area contributed by atoms with E-state index in [1.807, 2.05) is 13.0 Å². The molecule has 0 fully saturated rings. The van der Waals surface area contributed by atoms with Gasteiger partial charge >= 0.3 is 5.97 Å². The van der Waals surface area contributed by atoms with E-state index in [4.69, 9.17) is 5.11 Å². The zero-order valence-electron chi connectivity index (χ0n) is 12.9. The molecule has 5 heteroatoms. The van der Waals surface area contributed by atoms with Crippen molar-refractivity contribution in [3.05, 3.63) is 47.8 Å². The SMILES string of the molecule is C/C=C/CC(NC(=O)CC(C)Cc1cccc(F)c1)C(=O)O. The highest BCUT2D eigenvalue weighted by Gasteiger charge is 2.19. The van der Waals surface area contributed by atoms with Crippen molar-refractivity contribution in [1.29, 1.82) is 0 Å². The lowest BCUT2D eigenvalue weighted by Crippen LogP contribution is -2.41. The molecule has 1 amide bonds. The van der Waals surface area contributed by atoms with Crippen LogP contribution in [0.3, 0.4) is 0 Å². The summed E-state index contributed by atoms with van der Waals surface area (Å²) in [7, 11) is 0. The average Bonchev–Trinajstić information content (AvgIpc) is 2.42. The molecule has 2 unspecified atom stereocenters. The Hall–Kier alpha value is -2.17. The number of aliphatic carboxylic acids is 1. The molecule has 0 radical (unpaired) electrons. The fraction of sp³-hybridized carbons (Fsp3) is 0.412. The van der Waals surface area contributed by atoms with Crippen LogP contribution in [-0.4, -0.2) is 23.0 Å². The maximum atomic E-state index is 13.1. The number of carboxylic acids is 1. The topological polar surface area (TPSA) is 66.4 Å². The number of amides is 1. The Bertz CT molecular complexity index is 542. The van der Waals surface area contributed by atoms with Crippen LogP contribution in [0, 0.1) is 11.7 Å². The first kappa shape index (κ1) is 17.9. The van der Waals surface area contributed by atoms with Crippen LogP contribution in [-0.2, 0) is 16.0 Å². The lowest BCUT2D eigenvalue weighted by Gasteiger charge is -2.15. The molecule has 0 heterocycles. The number of nitrogens with one attached hydrogen (secondary N) is 1. The number of hydrogen-bond donors (Lipinski definition) is 2. The predicted molar refractivity (Wildman–Crippen MR) is 82.9 cm³/mol. The molecule has 120 valence electrons. The summed E-state index contributed by atoms with van der Waals surface area (Å²) >= 11 is 0. The van der Waals surface area contributed by atoms with Crippen LogP contribution < -0.4 is 5.32 Å². The van der Waals surface area contributed by atoms with E-state index < -0.39 is 12.0 Å². The first-order chi connectivity index (χ1) is 10.4. The largest absolute Gasteiger partial charge is 0.480 e. The zero-order valence-corrected chi connectivity index (χ0v) is 12.9. The van der Waals surface area contributed by atoms with Gasteiger partial charge in [-0.1, -0.05) is 31.2 Å². The predicted octanol–water partition coefficient (Wildman–Crippen LogP) is 2.93. The molecule has 1 rings (SSSR count). The van der Waals surface area contributed by atoms with Crippen LogP contribution in [0.2, 0.25) is 0 Å². The smallest absolute Gasteiger partial charge is 0.326 e. The molecular formula is C17H22FNO3. The number of carbonyl (C=O) groups excluding carboxylic acids is 1. The molecule has 0 aromatic heterocycles. The molecular weight excluding hydrogens is 285 g/mol. The summed E-state index contributed by atoms with van der Waals surface area (Å²) in [5, 5.41) is 11.6. The minimum Gasteiger partial charge on any atom is -0.480 e. The zero-order chi connectivity index (χ0) is 16.5. The van der Waals surface area contributed by atoms with Gasteiger partial charge in [0.1, 0.15) is 11.9 Å². The molecule has 2 N–H and O–H groups in total. The van der Waals surface area contributed by atoms with Gasteiger partial charge in [-0.05, 0) is 43.4 Å². The number of benzene rings is 1. The highest BCUT2D eigenvalue weighted by Crippen LogP contribution is 2.13. The Morgan fingerprint density at radius 3 is 2.73 bits per heavy atom. The number of allylic oxidation sites excluding steroid dienone is 1. The van der Waals surface area contributed by atoms with E-state index in [-0.39, 0.29) is 30.5 Å². The third-order valence-electron chi connectivity index (χ3n) is 3.25. The molecule has 0 spiro atoms. The van der Waals surface area contributed by atoms with Crippen molar-refractivity contribution in [2.75, 3.05) is 0 Å². The molecule has 1 aromatic carbocycles. The molecule has 0 aliphatic carbocycles. The van der Waals surface area contributed by atoms with Gasteiger partial charge in [0.05, 0.1) is 0 Å². The fourth-order valence-corrected chi connectivity index (χ4v) is 2.20. The lowest BCUT2D eigenvalue weighted by molar-refractivity contribution is -0.141. The quantitative estimate of drug-likeness (QED) is 0.726. The van der Waals surface area contributed by atoms with E-state index >= 15 is 0 Å². The summed E-state index contributed by atoms with van der Waals surface area (Å²) in [6.07, 6.45) is 4.48. The van der Waals surface area contributed by atoms with Crippen molar-refractivity contribution in [2.24, 2.45) is 5.92 Å². The summed E-state index contributed by atoms with van der Waals surface area (Å²) in [6, 6.07) is 5.35. The summed E-state index contributed by atoms with van der Waals surface area (Å²) in [5.41, 5.74) is 0.823. The van der Waals surface area contributed by atoms with E-state index in [0.29, 0.717) is 6.42 Å². The molecule has 2 atom stereocenters. The number of rotatable bonds is 8. The summed E-state index contributed by atoms with van der Waals surface area (Å²) in [5.74, 6) is -1.66. The second-order valence-electron chi connectivity index (χ2n) is 5.41. The van der Waals surface area contributed by atoms with Gasteiger partial charge in [-0.15, -0.1) is 0 Å². The second-order valence-corrected chi connectivity index (χ2v) is 5.41. The minimum absolute atomic E-state index is 0.00189. The van der Waals surface area contributed by atoms with Gasteiger partial charge in [-0.25, -0.2) is 9.18 Å². The van der Waals surface area contributed by atoms with E-state index in [1.165, 1.54) is 12.1 Å². The second kappa shape index (κ2) is 8.97. The van der Waals surface area contributed by atoms with Gasteiger partial charge in [0.2, 0.25) is 5.91 Å². The first-order valence-electron chi connectivity index (χ1n) is 7.30. The van der Waals surface area contributed by atoms with Crippen LogP contribution in [0.5, 0.6) is 0 Å². The number of carboxylic acid groups (broad SMARTS) is 1. The van der Waals surface area contributed by atoms with Crippen LogP contribution in [0.15, 0.2) is 36.4 Å². The minimum atomic E-state index is -1.05. The lowest BCUT2D eigenvalue weighted by atomic mass is 9.97.